The van der Waals surface area contributed by atoms with Gasteiger partial charge in [-0.15, -0.1) is 18.5 Å². The summed E-state index contributed by atoms with van der Waals surface area (Å²) in [6, 6.07) is 6.53. The molecule has 88 valence electrons. The summed E-state index contributed by atoms with van der Waals surface area (Å²) in [5, 5.41) is 0. The molecule has 0 N–H and O–H groups in total. The van der Waals surface area contributed by atoms with Crippen LogP contribution in [0.2, 0.25) is 0 Å². The van der Waals surface area contributed by atoms with Gasteiger partial charge < -0.3 is 0 Å². The lowest BCUT2D eigenvalue weighted by Crippen LogP contribution is -1.85. The van der Waals surface area contributed by atoms with Crippen molar-refractivity contribution in [3.63, 3.8) is 0 Å². The van der Waals surface area contributed by atoms with E-state index in [0.717, 1.165) is 11.1 Å². The van der Waals surface area contributed by atoms with Gasteiger partial charge in [0.2, 0.25) is 0 Å². The van der Waals surface area contributed by atoms with E-state index in [2.05, 4.69) is 31.0 Å². The Morgan fingerprint density at radius 1 is 1.35 bits per heavy atom. The molecule has 2 nitrogen and oxygen atoms in total. The summed E-state index contributed by atoms with van der Waals surface area (Å²) in [6.45, 7) is 5.41. The van der Waals surface area contributed by atoms with Gasteiger partial charge in [-0.1, -0.05) is 24.6 Å². The van der Waals surface area contributed by atoms with Crippen LogP contribution in [0.25, 0.3) is 5.57 Å². The zero-order valence-electron chi connectivity index (χ0n) is 9.30. The van der Waals surface area contributed by atoms with Crippen LogP contribution in [0.5, 0.6) is 0 Å². The Labute approximate surface area is 108 Å². The van der Waals surface area contributed by atoms with Crippen molar-refractivity contribution in [2.45, 2.75) is 11.8 Å². The zero-order valence-corrected chi connectivity index (χ0v) is 11.1. The Kier molecular flexibility index (Phi) is 5.08. The van der Waals surface area contributed by atoms with Crippen LogP contribution >= 0.6 is 12.6 Å². The standard InChI is InChI=1S/C13H12O2S2/c1-3-4-12(9-10(2)16)11-5-7-13(8-6-11)17(14)15/h5-9,16-17H,2H2,1H3/b12-9+. The minimum Gasteiger partial charge on any atom is -0.227 e. The van der Waals surface area contributed by atoms with Crippen molar-refractivity contribution in [2.75, 3.05) is 0 Å². The molecule has 0 unspecified atom stereocenters. The molecular formula is C13H12O2S2. The van der Waals surface area contributed by atoms with Crippen molar-refractivity contribution in [1.29, 1.82) is 0 Å². The van der Waals surface area contributed by atoms with E-state index in [0.29, 0.717) is 4.91 Å². The maximum atomic E-state index is 10.8. The molecule has 0 heterocycles. The molecule has 0 aromatic heterocycles. The summed E-state index contributed by atoms with van der Waals surface area (Å²) >= 11 is 4.10. The first-order valence-electron chi connectivity index (χ1n) is 4.81. The van der Waals surface area contributed by atoms with Gasteiger partial charge in [0.1, 0.15) is 0 Å². The normalized spacial score (nSPS) is 10.9. The smallest absolute Gasteiger partial charge is 0.168 e. The first kappa shape index (κ1) is 13.6. The number of rotatable bonds is 3. The highest BCUT2D eigenvalue weighted by molar-refractivity contribution is 7.84. The average Bonchev–Trinajstić information content (AvgIpc) is 2.28. The predicted molar refractivity (Wildman–Crippen MR) is 74.6 cm³/mol. The number of thiol groups is 2. The molecule has 0 aliphatic carbocycles. The Morgan fingerprint density at radius 3 is 2.35 bits per heavy atom. The van der Waals surface area contributed by atoms with E-state index in [1.54, 1.807) is 37.3 Å². The number of allylic oxidation sites excluding steroid dienone is 2. The molecule has 0 fully saturated rings. The molecule has 0 aliphatic rings. The van der Waals surface area contributed by atoms with Gasteiger partial charge >= 0.3 is 0 Å². The minimum absolute atomic E-state index is 0.289. The molecule has 4 heteroatoms. The lowest BCUT2D eigenvalue weighted by atomic mass is 10.1. The van der Waals surface area contributed by atoms with Crippen LogP contribution in [0, 0.1) is 11.8 Å². The molecule has 0 amide bonds. The molecule has 1 aromatic carbocycles. The molecule has 0 aliphatic heterocycles. The van der Waals surface area contributed by atoms with Gasteiger partial charge in [0.05, 0.1) is 4.90 Å². The lowest BCUT2D eigenvalue weighted by molar-refractivity contribution is 0.614. The predicted octanol–water partition coefficient (Wildman–Crippen LogP) is 2.51. The second-order valence-corrected chi connectivity index (χ2v) is 4.83. The van der Waals surface area contributed by atoms with Gasteiger partial charge in [-0.3, -0.25) is 0 Å². The first-order chi connectivity index (χ1) is 8.04. The molecule has 0 saturated carbocycles. The second-order valence-electron chi connectivity index (χ2n) is 3.23. The highest BCUT2D eigenvalue weighted by Crippen LogP contribution is 2.18. The van der Waals surface area contributed by atoms with Crippen LogP contribution in [-0.2, 0) is 10.7 Å². The third-order valence-electron chi connectivity index (χ3n) is 1.96. The molecule has 0 spiro atoms. The molecule has 0 bridgehead atoms. The van der Waals surface area contributed by atoms with Gasteiger partial charge in [0.15, 0.2) is 10.7 Å². The van der Waals surface area contributed by atoms with E-state index < -0.39 is 10.7 Å². The fourth-order valence-electron chi connectivity index (χ4n) is 1.26. The lowest BCUT2D eigenvalue weighted by Gasteiger charge is -2.01. The van der Waals surface area contributed by atoms with Crippen LogP contribution in [0.1, 0.15) is 12.5 Å². The average molecular weight is 264 g/mol. The van der Waals surface area contributed by atoms with Crippen molar-refractivity contribution in [2.24, 2.45) is 0 Å². The topological polar surface area (TPSA) is 34.1 Å². The third-order valence-corrected chi connectivity index (χ3v) is 2.81. The van der Waals surface area contributed by atoms with Gasteiger partial charge in [0.25, 0.3) is 0 Å². The third kappa shape index (κ3) is 4.14. The Balaban J connectivity index is 3.20. The first-order valence-corrected chi connectivity index (χ1v) is 6.44. The Hall–Kier alpha value is -1.44. The highest BCUT2D eigenvalue weighted by atomic mass is 32.2. The fourth-order valence-corrected chi connectivity index (χ4v) is 1.78. The van der Waals surface area contributed by atoms with Gasteiger partial charge in [-0.25, -0.2) is 8.42 Å². The number of hydrogen-bond acceptors (Lipinski definition) is 3. The summed E-state index contributed by atoms with van der Waals surface area (Å²) in [5.74, 6) is 5.73. The van der Waals surface area contributed by atoms with Crippen LogP contribution in [-0.4, -0.2) is 8.42 Å². The van der Waals surface area contributed by atoms with Gasteiger partial charge in [0, 0.05) is 5.57 Å². The number of benzene rings is 1. The van der Waals surface area contributed by atoms with Crippen LogP contribution < -0.4 is 0 Å². The minimum atomic E-state index is -2.54. The summed E-state index contributed by atoms with van der Waals surface area (Å²) < 4.78 is 21.5. The molecule has 1 aromatic rings. The fraction of sp³-hybridized carbons (Fsp3) is 0.0769. The van der Waals surface area contributed by atoms with Crippen LogP contribution in [0.4, 0.5) is 0 Å². The Bertz CT molecular complexity index is 574. The largest absolute Gasteiger partial charge is 0.227 e. The quantitative estimate of drug-likeness (QED) is 0.500. The van der Waals surface area contributed by atoms with Gasteiger partial charge in [-0.05, 0) is 35.6 Å². The molecule has 0 saturated heterocycles. The maximum Gasteiger partial charge on any atom is 0.168 e. The zero-order chi connectivity index (χ0) is 12.8. The van der Waals surface area contributed by atoms with E-state index >= 15 is 0 Å². The molecule has 1 rings (SSSR count). The second kappa shape index (κ2) is 6.33. The summed E-state index contributed by atoms with van der Waals surface area (Å²) in [7, 11) is -2.54. The van der Waals surface area contributed by atoms with E-state index in [9.17, 15) is 8.42 Å². The van der Waals surface area contributed by atoms with Crippen molar-refractivity contribution < 1.29 is 8.42 Å². The van der Waals surface area contributed by atoms with E-state index in [-0.39, 0.29) is 4.90 Å². The van der Waals surface area contributed by atoms with E-state index in [4.69, 9.17) is 0 Å². The van der Waals surface area contributed by atoms with Crippen LogP contribution in [0.15, 0.2) is 46.7 Å². The molecule has 17 heavy (non-hydrogen) atoms. The summed E-state index contributed by atoms with van der Waals surface area (Å²) in [5.41, 5.74) is 1.61. The Morgan fingerprint density at radius 2 is 1.94 bits per heavy atom. The maximum absolute atomic E-state index is 10.8. The molecule has 0 atom stereocenters. The van der Waals surface area contributed by atoms with Crippen LogP contribution in [0.3, 0.4) is 0 Å². The van der Waals surface area contributed by atoms with Gasteiger partial charge in [-0.2, -0.15) is 0 Å². The number of hydrogen-bond donors (Lipinski definition) is 2. The highest BCUT2D eigenvalue weighted by Gasteiger charge is 2.00. The van der Waals surface area contributed by atoms with Crippen molar-refractivity contribution in [3.8, 4) is 11.8 Å². The monoisotopic (exact) mass is 264 g/mol. The van der Waals surface area contributed by atoms with E-state index in [1.165, 1.54) is 0 Å². The van der Waals surface area contributed by atoms with Crippen molar-refractivity contribution in [1.82, 2.24) is 0 Å². The van der Waals surface area contributed by atoms with Crippen molar-refractivity contribution in [3.05, 3.63) is 47.4 Å². The molecular weight excluding hydrogens is 252 g/mol. The van der Waals surface area contributed by atoms with E-state index in [1.807, 2.05) is 0 Å². The summed E-state index contributed by atoms with van der Waals surface area (Å²) in [4.78, 5) is 0.888. The SMILES string of the molecule is C=C(S)/C=C(\C#CC)c1ccc([SH](=O)=O)cc1. The molecule has 0 radical (unpaired) electrons. The summed E-state index contributed by atoms with van der Waals surface area (Å²) in [6.07, 6.45) is 1.74. The van der Waals surface area contributed by atoms with Crippen molar-refractivity contribution >= 4 is 28.9 Å².